The third-order valence-corrected chi connectivity index (χ3v) is 3.75. The van der Waals surface area contributed by atoms with Crippen LogP contribution in [0, 0.1) is 5.82 Å². The molecule has 0 radical (unpaired) electrons. The highest BCUT2D eigenvalue weighted by atomic mass is 35.5. The molecular formula is C15H11Cl2FN2O. The van der Waals surface area contributed by atoms with Crippen LogP contribution in [0.15, 0.2) is 36.4 Å². The van der Waals surface area contributed by atoms with Crippen molar-refractivity contribution < 1.29 is 9.13 Å². The van der Waals surface area contributed by atoms with Crippen molar-refractivity contribution in [2.45, 2.75) is 5.88 Å². The summed E-state index contributed by atoms with van der Waals surface area (Å²) in [7, 11) is 1.58. The SMILES string of the molecule is COc1ccc2c(c1)nc(CCl)n2-c1cccc(Cl)c1F. The van der Waals surface area contributed by atoms with Crippen LogP contribution in [0.5, 0.6) is 5.75 Å². The summed E-state index contributed by atoms with van der Waals surface area (Å²) in [5.74, 6) is 0.879. The largest absolute Gasteiger partial charge is 0.497 e. The molecule has 6 heteroatoms. The van der Waals surface area contributed by atoms with E-state index in [0.29, 0.717) is 22.8 Å². The molecule has 21 heavy (non-hydrogen) atoms. The van der Waals surface area contributed by atoms with Gasteiger partial charge in [-0.15, -0.1) is 11.6 Å². The molecule has 2 aromatic carbocycles. The Morgan fingerprint density at radius 2 is 2.10 bits per heavy atom. The quantitative estimate of drug-likeness (QED) is 0.660. The summed E-state index contributed by atoms with van der Waals surface area (Å²) in [5, 5.41) is 0.0587. The molecule has 0 unspecified atom stereocenters. The van der Waals surface area contributed by atoms with E-state index in [9.17, 15) is 4.39 Å². The Bertz CT molecular complexity index is 817. The molecule has 0 fully saturated rings. The van der Waals surface area contributed by atoms with Crippen LogP contribution in [0.2, 0.25) is 5.02 Å². The molecule has 0 saturated heterocycles. The first kappa shape index (κ1) is 14.2. The van der Waals surface area contributed by atoms with Gasteiger partial charge in [0, 0.05) is 6.07 Å². The van der Waals surface area contributed by atoms with Gasteiger partial charge in [-0.25, -0.2) is 9.37 Å². The van der Waals surface area contributed by atoms with Crippen molar-refractivity contribution in [2.75, 3.05) is 7.11 Å². The number of alkyl halides is 1. The van der Waals surface area contributed by atoms with Crippen LogP contribution in [-0.2, 0) is 5.88 Å². The number of imidazole rings is 1. The van der Waals surface area contributed by atoms with Crippen LogP contribution in [0.3, 0.4) is 0 Å². The number of aromatic nitrogens is 2. The molecule has 0 amide bonds. The summed E-state index contributed by atoms with van der Waals surface area (Å²) in [6, 6.07) is 10.2. The Kier molecular flexibility index (Phi) is 3.74. The Morgan fingerprint density at radius 1 is 1.29 bits per heavy atom. The van der Waals surface area contributed by atoms with Crippen molar-refractivity contribution >= 4 is 34.2 Å². The number of ether oxygens (including phenoxy) is 1. The number of nitrogens with zero attached hydrogens (tertiary/aromatic N) is 2. The molecule has 1 heterocycles. The standard InChI is InChI=1S/C15H11Cl2FN2O/c1-21-9-5-6-12-11(7-9)19-14(8-16)20(12)13-4-2-3-10(17)15(13)18/h2-7H,8H2,1H3. The van der Waals surface area contributed by atoms with Crippen molar-refractivity contribution in [3.63, 3.8) is 0 Å². The van der Waals surface area contributed by atoms with Crippen molar-refractivity contribution in [1.82, 2.24) is 9.55 Å². The van der Waals surface area contributed by atoms with E-state index in [0.717, 1.165) is 5.52 Å². The summed E-state index contributed by atoms with van der Waals surface area (Å²) in [6.45, 7) is 0. The fourth-order valence-electron chi connectivity index (χ4n) is 2.26. The lowest BCUT2D eigenvalue weighted by Crippen LogP contribution is -2.02. The van der Waals surface area contributed by atoms with Crippen LogP contribution >= 0.6 is 23.2 Å². The van der Waals surface area contributed by atoms with E-state index in [2.05, 4.69) is 4.98 Å². The van der Waals surface area contributed by atoms with Crippen LogP contribution in [0.4, 0.5) is 4.39 Å². The first-order valence-electron chi connectivity index (χ1n) is 6.21. The predicted molar refractivity (Wildman–Crippen MR) is 82.1 cm³/mol. The molecule has 3 aromatic rings. The average Bonchev–Trinajstić information content (AvgIpc) is 2.87. The number of methoxy groups -OCH3 is 1. The molecule has 0 saturated carbocycles. The Labute approximate surface area is 130 Å². The zero-order valence-electron chi connectivity index (χ0n) is 11.1. The highest BCUT2D eigenvalue weighted by molar-refractivity contribution is 6.30. The number of rotatable bonds is 3. The third kappa shape index (κ3) is 2.34. The highest BCUT2D eigenvalue weighted by Gasteiger charge is 2.16. The van der Waals surface area contributed by atoms with Gasteiger partial charge in [0.25, 0.3) is 0 Å². The maximum atomic E-state index is 14.3. The van der Waals surface area contributed by atoms with Gasteiger partial charge in [0.2, 0.25) is 0 Å². The zero-order valence-corrected chi connectivity index (χ0v) is 12.6. The lowest BCUT2D eigenvalue weighted by molar-refractivity contribution is 0.415. The van der Waals surface area contributed by atoms with Gasteiger partial charge < -0.3 is 4.74 Å². The first-order valence-corrected chi connectivity index (χ1v) is 7.12. The fourth-order valence-corrected chi connectivity index (χ4v) is 2.61. The van der Waals surface area contributed by atoms with Gasteiger partial charge in [0.1, 0.15) is 11.6 Å². The Morgan fingerprint density at radius 3 is 2.81 bits per heavy atom. The second-order valence-corrected chi connectivity index (χ2v) is 5.10. The van der Waals surface area contributed by atoms with E-state index in [1.165, 1.54) is 6.07 Å². The summed E-state index contributed by atoms with van der Waals surface area (Å²) < 4.78 is 21.2. The van der Waals surface area contributed by atoms with E-state index in [-0.39, 0.29) is 10.9 Å². The topological polar surface area (TPSA) is 27.1 Å². The molecule has 0 bridgehead atoms. The van der Waals surface area contributed by atoms with Crippen molar-refractivity contribution in [1.29, 1.82) is 0 Å². The van der Waals surface area contributed by atoms with E-state index in [4.69, 9.17) is 27.9 Å². The first-order chi connectivity index (χ1) is 10.2. The zero-order chi connectivity index (χ0) is 15.0. The van der Waals surface area contributed by atoms with Gasteiger partial charge >= 0.3 is 0 Å². The van der Waals surface area contributed by atoms with Gasteiger partial charge in [0.15, 0.2) is 5.82 Å². The van der Waals surface area contributed by atoms with Gasteiger partial charge in [0.05, 0.1) is 34.7 Å². The minimum absolute atomic E-state index is 0.0587. The summed E-state index contributed by atoms with van der Waals surface area (Å²) in [5.41, 5.74) is 1.75. The van der Waals surface area contributed by atoms with Crippen LogP contribution in [0.1, 0.15) is 5.82 Å². The van der Waals surface area contributed by atoms with Crippen molar-refractivity contribution in [3.05, 3.63) is 53.1 Å². The lowest BCUT2D eigenvalue weighted by atomic mass is 10.2. The van der Waals surface area contributed by atoms with E-state index in [1.54, 1.807) is 35.9 Å². The third-order valence-electron chi connectivity index (χ3n) is 3.22. The monoisotopic (exact) mass is 324 g/mol. The summed E-state index contributed by atoms with van der Waals surface area (Å²) in [4.78, 5) is 4.43. The summed E-state index contributed by atoms with van der Waals surface area (Å²) in [6.07, 6.45) is 0. The maximum Gasteiger partial charge on any atom is 0.165 e. The molecule has 1 aromatic heterocycles. The fraction of sp³-hybridized carbons (Fsp3) is 0.133. The lowest BCUT2D eigenvalue weighted by Gasteiger charge is -2.10. The van der Waals surface area contributed by atoms with E-state index < -0.39 is 5.82 Å². The highest BCUT2D eigenvalue weighted by Crippen LogP contribution is 2.29. The minimum atomic E-state index is -0.499. The average molecular weight is 325 g/mol. The van der Waals surface area contributed by atoms with E-state index in [1.807, 2.05) is 6.07 Å². The number of hydrogen-bond acceptors (Lipinski definition) is 2. The maximum absolute atomic E-state index is 14.3. The number of benzene rings is 2. The summed E-state index contributed by atoms with van der Waals surface area (Å²) >= 11 is 11.8. The molecule has 0 N–H and O–H groups in total. The van der Waals surface area contributed by atoms with Gasteiger partial charge in [-0.3, -0.25) is 4.57 Å². The van der Waals surface area contributed by atoms with Crippen LogP contribution in [0.25, 0.3) is 16.7 Å². The van der Waals surface area contributed by atoms with Crippen molar-refractivity contribution in [2.24, 2.45) is 0 Å². The Balaban J connectivity index is 2.32. The normalized spacial score (nSPS) is 11.0. The van der Waals surface area contributed by atoms with Crippen molar-refractivity contribution in [3.8, 4) is 11.4 Å². The smallest absolute Gasteiger partial charge is 0.165 e. The Hall–Kier alpha value is -1.78. The predicted octanol–water partition coefficient (Wildman–Crippen LogP) is 4.57. The minimum Gasteiger partial charge on any atom is -0.497 e. The number of fused-ring (bicyclic) bond motifs is 1. The molecule has 0 aliphatic rings. The van der Waals surface area contributed by atoms with Crippen LogP contribution in [-0.4, -0.2) is 16.7 Å². The van der Waals surface area contributed by atoms with Gasteiger partial charge in [-0.2, -0.15) is 0 Å². The number of halogens is 3. The molecule has 0 aliphatic carbocycles. The molecule has 0 aliphatic heterocycles. The van der Waals surface area contributed by atoms with E-state index >= 15 is 0 Å². The molecule has 108 valence electrons. The molecule has 0 spiro atoms. The number of hydrogen-bond donors (Lipinski definition) is 0. The second kappa shape index (κ2) is 5.54. The van der Waals surface area contributed by atoms with Gasteiger partial charge in [-0.1, -0.05) is 17.7 Å². The second-order valence-electron chi connectivity index (χ2n) is 4.42. The van der Waals surface area contributed by atoms with Gasteiger partial charge in [-0.05, 0) is 24.3 Å². The molecule has 0 atom stereocenters. The van der Waals surface area contributed by atoms with Crippen LogP contribution < -0.4 is 4.74 Å². The molecular weight excluding hydrogens is 314 g/mol. The molecule has 3 rings (SSSR count). The molecule has 3 nitrogen and oxygen atoms in total.